The number of amides is 1. The molecule has 100 valence electrons. The third kappa shape index (κ3) is 3.87. The van der Waals surface area contributed by atoms with Crippen LogP contribution in [0.4, 0.5) is 13.2 Å². The molecule has 3 nitrogen and oxygen atoms in total. The van der Waals surface area contributed by atoms with Crippen molar-refractivity contribution in [3.63, 3.8) is 0 Å². The fraction of sp³-hybridized carbons (Fsp3) is 0.909. The molecule has 0 aliphatic carbocycles. The van der Waals surface area contributed by atoms with E-state index in [0.717, 1.165) is 0 Å². The summed E-state index contributed by atoms with van der Waals surface area (Å²) in [5.41, 5.74) is 0. The number of nitrogens with one attached hydrogen (secondary N) is 1. The number of carbonyl (C=O) groups excluding carboxylic acids is 1. The molecule has 0 saturated carbocycles. The molecule has 2 unspecified atom stereocenters. The summed E-state index contributed by atoms with van der Waals surface area (Å²) in [6.07, 6.45) is -3.71. The first-order valence-electron chi connectivity index (χ1n) is 6.02. The molecule has 2 atom stereocenters. The maximum absolute atomic E-state index is 12.0. The minimum Gasteiger partial charge on any atom is -0.326 e. The second-order valence-corrected chi connectivity index (χ2v) is 4.30. The molecule has 1 amide bonds. The van der Waals surface area contributed by atoms with Crippen molar-refractivity contribution in [2.24, 2.45) is 0 Å². The Morgan fingerprint density at radius 3 is 2.41 bits per heavy atom. The van der Waals surface area contributed by atoms with E-state index in [2.05, 4.69) is 5.32 Å². The van der Waals surface area contributed by atoms with Crippen LogP contribution >= 0.6 is 0 Å². The molecular formula is C11H19F3N2O. The zero-order chi connectivity index (χ0) is 13.1. The lowest BCUT2D eigenvalue weighted by atomic mass is 10.2. The van der Waals surface area contributed by atoms with E-state index in [1.165, 1.54) is 0 Å². The molecule has 0 spiro atoms. The molecular weight excluding hydrogens is 233 g/mol. The number of hydrogen-bond donors (Lipinski definition) is 1. The third-order valence-corrected chi connectivity index (χ3v) is 3.01. The molecule has 1 saturated heterocycles. The average Bonchev–Trinajstić information content (AvgIpc) is 2.54. The summed E-state index contributed by atoms with van der Waals surface area (Å²) < 4.78 is 36.1. The predicted octanol–water partition coefficient (Wildman–Crippen LogP) is 2.28. The number of hydrogen-bond acceptors (Lipinski definition) is 2. The molecule has 0 aromatic rings. The van der Waals surface area contributed by atoms with Crippen LogP contribution in [0.2, 0.25) is 0 Å². The van der Waals surface area contributed by atoms with Gasteiger partial charge in [0.05, 0.1) is 12.2 Å². The van der Waals surface area contributed by atoms with E-state index < -0.39 is 12.6 Å². The van der Waals surface area contributed by atoms with Gasteiger partial charge in [0.1, 0.15) is 0 Å². The molecule has 1 fully saturated rings. The van der Waals surface area contributed by atoms with E-state index in [1.807, 2.05) is 13.8 Å². The Bertz CT molecular complexity index is 268. The van der Waals surface area contributed by atoms with Crippen LogP contribution in [-0.4, -0.2) is 35.7 Å². The third-order valence-electron chi connectivity index (χ3n) is 3.01. The highest BCUT2D eigenvalue weighted by Crippen LogP contribution is 2.23. The Hall–Kier alpha value is -0.780. The van der Waals surface area contributed by atoms with Crippen LogP contribution in [0.5, 0.6) is 0 Å². The largest absolute Gasteiger partial charge is 0.389 e. The molecule has 0 aromatic heterocycles. The Kier molecular flexibility index (Phi) is 4.80. The quantitative estimate of drug-likeness (QED) is 0.814. The highest BCUT2D eigenvalue weighted by Gasteiger charge is 2.37. The lowest BCUT2D eigenvalue weighted by molar-refractivity contribution is -0.140. The molecule has 0 aromatic carbocycles. The first-order chi connectivity index (χ1) is 7.89. The summed E-state index contributed by atoms with van der Waals surface area (Å²) in [7, 11) is 0. The number of rotatable bonds is 5. The van der Waals surface area contributed by atoms with Crippen LogP contribution in [0.15, 0.2) is 0 Å². The normalized spacial score (nSPS) is 25.7. The molecule has 1 heterocycles. The standard InChI is InChI=1S/C11H19F3N2O/c1-3-8-10(17)16(9(4-2)15-8)7-5-6-11(12,13)14/h8-9,15H,3-7H2,1-2H3. The van der Waals surface area contributed by atoms with Gasteiger partial charge in [0, 0.05) is 13.0 Å². The highest BCUT2D eigenvalue weighted by atomic mass is 19.4. The van der Waals surface area contributed by atoms with E-state index >= 15 is 0 Å². The molecule has 6 heteroatoms. The van der Waals surface area contributed by atoms with Gasteiger partial charge < -0.3 is 4.90 Å². The summed E-state index contributed by atoms with van der Waals surface area (Å²) in [5, 5.41) is 3.13. The van der Waals surface area contributed by atoms with Gasteiger partial charge in [-0.15, -0.1) is 0 Å². The SMILES string of the molecule is CCC1NC(CC)N(CCCC(F)(F)F)C1=O. The van der Waals surface area contributed by atoms with Gasteiger partial charge in [-0.3, -0.25) is 10.1 Å². The van der Waals surface area contributed by atoms with Crippen LogP contribution in [0.1, 0.15) is 39.5 Å². The van der Waals surface area contributed by atoms with E-state index in [9.17, 15) is 18.0 Å². The van der Waals surface area contributed by atoms with Gasteiger partial charge in [-0.05, 0) is 19.3 Å². The Morgan fingerprint density at radius 1 is 1.29 bits per heavy atom. The first-order valence-corrected chi connectivity index (χ1v) is 6.02. The Balaban J connectivity index is 2.48. The maximum atomic E-state index is 12.0. The number of carbonyl (C=O) groups is 1. The van der Waals surface area contributed by atoms with Gasteiger partial charge in [0.25, 0.3) is 0 Å². The topological polar surface area (TPSA) is 32.3 Å². The minimum atomic E-state index is -4.14. The fourth-order valence-electron chi connectivity index (χ4n) is 2.09. The molecule has 0 radical (unpaired) electrons. The van der Waals surface area contributed by atoms with Gasteiger partial charge in [-0.1, -0.05) is 13.8 Å². The summed E-state index contributed by atoms with van der Waals surface area (Å²) in [6, 6.07) is -0.231. The minimum absolute atomic E-state index is 0.0240. The lowest BCUT2D eigenvalue weighted by Gasteiger charge is -2.23. The van der Waals surface area contributed by atoms with Crippen LogP contribution < -0.4 is 5.32 Å². The molecule has 0 bridgehead atoms. The van der Waals surface area contributed by atoms with Crippen molar-refractivity contribution < 1.29 is 18.0 Å². The zero-order valence-electron chi connectivity index (χ0n) is 10.2. The average molecular weight is 252 g/mol. The lowest BCUT2D eigenvalue weighted by Crippen LogP contribution is -2.37. The van der Waals surface area contributed by atoms with Gasteiger partial charge in [-0.2, -0.15) is 13.2 Å². The number of nitrogens with zero attached hydrogens (tertiary/aromatic N) is 1. The Labute approximate surface area is 99.4 Å². The summed E-state index contributed by atoms with van der Waals surface area (Å²) >= 11 is 0. The Morgan fingerprint density at radius 2 is 1.94 bits per heavy atom. The second kappa shape index (κ2) is 5.71. The van der Waals surface area contributed by atoms with E-state index in [-0.39, 0.29) is 31.1 Å². The zero-order valence-corrected chi connectivity index (χ0v) is 10.2. The maximum Gasteiger partial charge on any atom is 0.389 e. The second-order valence-electron chi connectivity index (χ2n) is 4.30. The van der Waals surface area contributed by atoms with E-state index in [4.69, 9.17) is 0 Å². The highest BCUT2D eigenvalue weighted by molar-refractivity contribution is 5.84. The van der Waals surface area contributed by atoms with Crippen molar-refractivity contribution in [1.29, 1.82) is 0 Å². The van der Waals surface area contributed by atoms with Gasteiger partial charge in [0.15, 0.2) is 0 Å². The van der Waals surface area contributed by atoms with E-state index in [0.29, 0.717) is 12.8 Å². The van der Waals surface area contributed by atoms with Crippen molar-refractivity contribution in [3.05, 3.63) is 0 Å². The summed E-state index contributed by atoms with van der Waals surface area (Å²) in [6.45, 7) is 3.99. The van der Waals surface area contributed by atoms with Crippen LogP contribution in [0.25, 0.3) is 0 Å². The predicted molar refractivity (Wildman–Crippen MR) is 58.3 cm³/mol. The number of halogens is 3. The van der Waals surface area contributed by atoms with Crippen molar-refractivity contribution in [2.75, 3.05) is 6.54 Å². The first kappa shape index (κ1) is 14.3. The smallest absolute Gasteiger partial charge is 0.326 e. The van der Waals surface area contributed by atoms with Crippen molar-refractivity contribution in [3.8, 4) is 0 Å². The van der Waals surface area contributed by atoms with E-state index in [1.54, 1.807) is 4.90 Å². The van der Waals surface area contributed by atoms with Gasteiger partial charge >= 0.3 is 6.18 Å². The van der Waals surface area contributed by atoms with Crippen LogP contribution in [0, 0.1) is 0 Å². The summed E-state index contributed by atoms with van der Waals surface area (Å²) in [4.78, 5) is 13.4. The molecule has 1 aliphatic rings. The monoisotopic (exact) mass is 252 g/mol. The summed E-state index contributed by atoms with van der Waals surface area (Å²) in [5.74, 6) is -0.0680. The molecule has 1 rings (SSSR count). The molecule has 1 aliphatic heterocycles. The van der Waals surface area contributed by atoms with Gasteiger partial charge in [0.2, 0.25) is 5.91 Å². The van der Waals surface area contributed by atoms with Crippen LogP contribution in [0.3, 0.4) is 0 Å². The van der Waals surface area contributed by atoms with Gasteiger partial charge in [-0.25, -0.2) is 0 Å². The molecule has 17 heavy (non-hydrogen) atoms. The van der Waals surface area contributed by atoms with Crippen molar-refractivity contribution in [2.45, 2.75) is 57.9 Å². The van der Waals surface area contributed by atoms with Crippen LogP contribution in [-0.2, 0) is 4.79 Å². The van der Waals surface area contributed by atoms with Crippen molar-refractivity contribution >= 4 is 5.91 Å². The fourth-order valence-corrected chi connectivity index (χ4v) is 2.09. The molecule has 1 N–H and O–H groups in total. The number of alkyl halides is 3. The van der Waals surface area contributed by atoms with Crippen molar-refractivity contribution in [1.82, 2.24) is 10.2 Å².